The molecule has 3 N–H and O–H groups in total. The Hall–Kier alpha value is -4.32. The van der Waals surface area contributed by atoms with Gasteiger partial charge in [0.25, 0.3) is 11.5 Å². The predicted molar refractivity (Wildman–Crippen MR) is 207 cm³/mol. The topological polar surface area (TPSA) is 112 Å². The smallest absolute Gasteiger partial charge is 0.293 e. The van der Waals surface area contributed by atoms with Crippen molar-refractivity contribution in [2.45, 2.75) is 78.3 Å². The standard InChI is InChI=1S/C40H51N7O3S/c1-7-40(4,5)44-35(38(49)47-22-20-46(8-2)21-23-47)27-16-18-29(19-17-27)41-36-39(50)45(6)25-32(42-36)30-13-11-14-31(26(30)3)43-37(48)34-24-28-12-9-10-15-33(28)51-34/h11,13-14,16-19,24-25,35,44H,7-10,12,15,20-23H2,1-6H3,(H,41,42)(H,43,48). The highest BCUT2D eigenvalue weighted by molar-refractivity contribution is 7.14. The molecule has 2 aromatic heterocycles. The molecule has 2 aromatic carbocycles. The van der Waals surface area contributed by atoms with E-state index in [4.69, 9.17) is 4.98 Å². The molecule has 1 saturated heterocycles. The summed E-state index contributed by atoms with van der Waals surface area (Å²) < 4.78 is 1.52. The highest BCUT2D eigenvalue weighted by Gasteiger charge is 2.32. The van der Waals surface area contributed by atoms with Gasteiger partial charge >= 0.3 is 0 Å². The van der Waals surface area contributed by atoms with Crippen molar-refractivity contribution >= 4 is 40.3 Å². The van der Waals surface area contributed by atoms with E-state index in [-0.39, 0.29) is 28.7 Å². The van der Waals surface area contributed by atoms with Gasteiger partial charge in [-0.25, -0.2) is 4.98 Å². The molecular formula is C40H51N7O3S. The van der Waals surface area contributed by atoms with Crippen LogP contribution in [0.5, 0.6) is 0 Å². The van der Waals surface area contributed by atoms with Crippen LogP contribution in [0.3, 0.4) is 0 Å². The van der Waals surface area contributed by atoms with Crippen LogP contribution < -0.4 is 21.5 Å². The first-order valence-corrected chi connectivity index (χ1v) is 19.0. The Morgan fingerprint density at radius 2 is 1.73 bits per heavy atom. The number of nitrogens with zero attached hydrogens (tertiary/aromatic N) is 4. The number of hydrogen-bond donors (Lipinski definition) is 3. The van der Waals surface area contributed by atoms with E-state index in [9.17, 15) is 14.4 Å². The summed E-state index contributed by atoms with van der Waals surface area (Å²) >= 11 is 1.59. The third-order valence-electron chi connectivity index (χ3n) is 10.5. The van der Waals surface area contributed by atoms with Gasteiger partial charge in [-0.1, -0.05) is 38.1 Å². The van der Waals surface area contributed by atoms with Crippen LogP contribution in [-0.4, -0.2) is 69.4 Å². The van der Waals surface area contributed by atoms with Gasteiger partial charge in [0.1, 0.15) is 6.04 Å². The number of likely N-dealkylation sites (N-methyl/N-ethyl adjacent to an activating group) is 1. The number of carbonyl (C=O) groups is 2. The van der Waals surface area contributed by atoms with Gasteiger partial charge in [-0.3, -0.25) is 19.7 Å². The summed E-state index contributed by atoms with van der Waals surface area (Å²) in [7, 11) is 1.71. The van der Waals surface area contributed by atoms with Gasteiger partial charge in [-0.15, -0.1) is 11.3 Å². The average Bonchev–Trinajstić information content (AvgIpc) is 3.58. The number of piperazine rings is 1. The lowest BCUT2D eigenvalue weighted by Gasteiger charge is -2.38. The molecule has 1 unspecified atom stereocenters. The molecule has 2 aliphatic rings. The first kappa shape index (κ1) is 36.5. The number of aryl methyl sites for hydroxylation is 3. The van der Waals surface area contributed by atoms with Crippen molar-refractivity contribution in [1.82, 2.24) is 24.7 Å². The van der Waals surface area contributed by atoms with E-state index >= 15 is 0 Å². The first-order chi connectivity index (χ1) is 24.5. The van der Waals surface area contributed by atoms with Crippen molar-refractivity contribution in [2.24, 2.45) is 7.05 Å². The second kappa shape index (κ2) is 15.5. The summed E-state index contributed by atoms with van der Waals surface area (Å²) in [4.78, 5) is 51.6. The Morgan fingerprint density at radius 3 is 2.41 bits per heavy atom. The van der Waals surface area contributed by atoms with Gasteiger partial charge in [0, 0.05) is 66.8 Å². The Labute approximate surface area is 305 Å². The number of rotatable bonds is 11. The maximum Gasteiger partial charge on any atom is 0.293 e. The fourth-order valence-corrected chi connectivity index (χ4v) is 7.94. The number of hydrogen-bond acceptors (Lipinski definition) is 8. The zero-order valence-corrected chi connectivity index (χ0v) is 31.6. The number of carbonyl (C=O) groups excluding carboxylic acids is 2. The third-order valence-corrected chi connectivity index (χ3v) is 11.7. The minimum absolute atomic E-state index is 0.0829. The summed E-state index contributed by atoms with van der Waals surface area (Å²) in [6.45, 7) is 14.6. The van der Waals surface area contributed by atoms with Gasteiger partial charge in [0.2, 0.25) is 5.91 Å². The number of benzene rings is 2. The van der Waals surface area contributed by atoms with Crippen molar-refractivity contribution in [2.75, 3.05) is 43.4 Å². The molecule has 6 rings (SSSR count). The van der Waals surface area contributed by atoms with Crippen molar-refractivity contribution in [3.05, 3.63) is 91.5 Å². The van der Waals surface area contributed by atoms with Gasteiger partial charge in [0.05, 0.1) is 10.6 Å². The van der Waals surface area contributed by atoms with Crippen LogP contribution in [0.25, 0.3) is 11.3 Å². The molecule has 0 bridgehead atoms. The summed E-state index contributed by atoms with van der Waals surface area (Å²) in [5, 5.41) is 9.97. The molecule has 10 nitrogen and oxygen atoms in total. The monoisotopic (exact) mass is 709 g/mol. The van der Waals surface area contributed by atoms with E-state index in [1.165, 1.54) is 27.8 Å². The molecule has 11 heteroatoms. The molecule has 0 radical (unpaired) electrons. The molecular weight excluding hydrogens is 659 g/mol. The lowest BCUT2D eigenvalue weighted by Crippen LogP contribution is -2.53. The van der Waals surface area contributed by atoms with Crippen LogP contribution in [0.2, 0.25) is 0 Å². The van der Waals surface area contributed by atoms with E-state index < -0.39 is 6.04 Å². The second-order valence-corrected chi connectivity index (χ2v) is 15.5. The van der Waals surface area contributed by atoms with Gasteiger partial charge in [-0.05, 0) is 100 Å². The number of anilines is 3. The number of fused-ring (bicyclic) bond motifs is 1. The Morgan fingerprint density at radius 1 is 1.00 bits per heavy atom. The zero-order chi connectivity index (χ0) is 36.3. The molecule has 1 fully saturated rings. The maximum absolute atomic E-state index is 13.9. The normalized spacial score (nSPS) is 15.7. The maximum atomic E-state index is 13.9. The molecule has 0 saturated carbocycles. The van der Waals surface area contributed by atoms with Crippen molar-refractivity contribution in [1.29, 1.82) is 0 Å². The third kappa shape index (κ3) is 8.27. The lowest BCUT2D eigenvalue weighted by molar-refractivity contribution is -0.136. The molecule has 270 valence electrons. The molecule has 1 aliphatic heterocycles. The van der Waals surface area contributed by atoms with E-state index in [2.05, 4.69) is 48.5 Å². The number of aromatic nitrogens is 2. The van der Waals surface area contributed by atoms with Crippen LogP contribution in [0.4, 0.5) is 17.2 Å². The minimum atomic E-state index is -0.488. The Kier molecular flexibility index (Phi) is 11.1. The lowest BCUT2D eigenvalue weighted by atomic mass is 9.96. The molecule has 1 atom stereocenters. The molecule has 1 aliphatic carbocycles. The van der Waals surface area contributed by atoms with Crippen molar-refractivity contribution in [3.8, 4) is 11.3 Å². The Balaban J connectivity index is 1.21. The van der Waals surface area contributed by atoms with Gasteiger partial charge < -0.3 is 25.0 Å². The summed E-state index contributed by atoms with van der Waals surface area (Å²) in [6, 6.07) is 15.0. The van der Waals surface area contributed by atoms with Crippen LogP contribution in [0, 0.1) is 6.92 Å². The fourth-order valence-electron chi connectivity index (χ4n) is 6.80. The molecule has 3 heterocycles. The van der Waals surface area contributed by atoms with Gasteiger partial charge in [0.15, 0.2) is 5.82 Å². The highest BCUT2D eigenvalue weighted by atomic mass is 32.1. The zero-order valence-electron chi connectivity index (χ0n) is 30.8. The second-order valence-electron chi connectivity index (χ2n) is 14.4. The average molecular weight is 710 g/mol. The molecule has 4 aromatic rings. The van der Waals surface area contributed by atoms with Gasteiger partial charge in [-0.2, -0.15) is 0 Å². The summed E-state index contributed by atoms with van der Waals surface area (Å²) in [5.74, 6) is 0.164. The number of thiophene rings is 1. The van der Waals surface area contributed by atoms with Crippen molar-refractivity contribution < 1.29 is 9.59 Å². The minimum Gasteiger partial charge on any atom is -0.338 e. The van der Waals surface area contributed by atoms with Crippen LogP contribution >= 0.6 is 11.3 Å². The highest BCUT2D eigenvalue weighted by Crippen LogP contribution is 2.32. The predicted octanol–water partition coefficient (Wildman–Crippen LogP) is 6.68. The SMILES string of the molecule is CCN1CCN(C(=O)C(NC(C)(C)CC)c2ccc(Nc3nc(-c4cccc(NC(=O)c5cc6c(s5)CCCC6)c4C)cn(C)c3=O)cc2)CC1. The molecule has 2 amide bonds. The fraction of sp³-hybridized carbons (Fsp3) is 0.450. The first-order valence-electron chi connectivity index (χ1n) is 18.2. The Bertz CT molecular complexity index is 1920. The van der Waals surface area contributed by atoms with Crippen LogP contribution in [-0.2, 0) is 24.7 Å². The quantitative estimate of drug-likeness (QED) is 0.160. The van der Waals surface area contributed by atoms with E-state index in [1.807, 2.05) is 60.4 Å². The summed E-state index contributed by atoms with van der Waals surface area (Å²) in [6.07, 6.45) is 7.03. The van der Waals surface area contributed by atoms with Crippen LogP contribution in [0.1, 0.15) is 84.2 Å². The van der Waals surface area contributed by atoms with Crippen molar-refractivity contribution in [3.63, 3.8) is 0 Å². The van der Waals surface area contributed by atoms with E-state index in [0.29, 0.717) is 30.2 Å². The van der Waals surface area contributed by atoms with E-state index in [0.717, 1.165) is 60.5 Å². The largest absolute Gasteiger partial charge is 0.338 e. The number of nitrogens with one attached hydrogen (secondary N) is 3. The van der Waals surface area contributed by atoms with Crippen LogP contribution in [0.15, 0.2) is 59.5 Å². The van der Waals surface area contributed by atoms with E-state index in [1.54, 1.807) is 24.6 Å². The molecule has 0 spiro atoms. The number of amides is 2. The summed E-state index contributed by atoms with van der Waals surface area (Å²) in [5.41, 5.74) is 5.36. The molecule has 51 heavy (non-hydrogen) atoms.